The first-order valence-corrected chi connectivity index (χ1v) is 12.5. The Balaban J connectivity index is 1.74. The molecule has 0 radical (unpaired) electrons. The number of amides is 1. The van der Waals surface area contributed by atoms with Crippen LogP contribution in [-0.4, -0.2) is 20.7 Å². The molecular formula is C29H22N4O4S. The Morgan fingerprint density at radius 2 is 1.66 bits per heavy atom. The first-order valence-electron chi connectivity index (χ1n) is 11.7. The molecule has 9 heteroatoms. The van der Waals surface area contributed by atoms with Crippen molar-refractivity contribution in [2.45, 2.75) is 12.5 Å². The van der Waals surface area contributed by atoms with Gasteiger partial charge in [-0.1, -0.05) is 54.6 Å². The molecular weight excluding hydrogens is 500 g/mol. The molecule has 0 fully saturated rings. The van der Waals surface area contributed by atoms with Gasteiger partial charge in [-0.3, -0.25) is 14.2 Å². The van der Waals surface area contributed by atoms with E-state index < -0.39 is 17.4 Å². The number of nitriles is 1. The van der Waals surface area contributed by atoms with Crippen LogP contribution in [0.4, 0.5) is 0 Å². The lowest BCUT2D eigenvalue weighted by Crippen LogP contribution is -2.41. The lowest BCUT2D eigenvalue weighted by atomic mass is 9.83. The zero-order valence-corrected chi connectivity index (χ0v) is 20.8. The number of hydrogen-bond donors (Lipinski definition) is 4. The standard InChI is InChI=1S/C29H22N4O4S/c30-15-22-24(19-8-12-21(35)13-9-19)25(27(36)32-16-18-4-2-1-3-5-18)29-33(26(22)31)28(37)23(38-29)14-17-6-10-20(34)11-7-17/h1-14,24,34-35H,16,31H2,(H,32,36)/b23-14-. The normalized spacial score (nSPS) is 15.2. The summed E-state index contributed by atoms with van der Waals surface area (Å²) in [5, 5.41) is 32.4. The third-order valence-corrected chi connectivity index (χ3v) is 7.33. The van der Waals surface area contributed by atoms with Gasteiger partial charge in [-0.15, -0.1) is 11.3 Å². The van der Waals surface area contributed by atoms with Crippen LogP contribution in [0.1, 0.15) is 22.6 Å². The van der Waals surface area contributed by atoms with E-state index in [1.807, 2.05) is 30.3 Å². The van der Waals surface area contributed by atoms with E-state index in [1.54, 1.807) is 30.3 Å². The second-order valence-electron chi connectivity index (χ2n) is 8.67. The molecule has 0 bridgehead atoms. The van der Waals surface area contributed by atoms with Crippen molar-refractivity contribution in [3.05, 3.63) is 121 Å². The number of nitrogens with two attached hydrogens (primary N) is 1. The molecule has 1 unspecified atom stereocenters. The predicted molar refractivity (Wildman–Crippen MR) is 145 cm³/mol. The van der Waals surface area contributed by atoms with E-state index in [0.717, 1.165) is 16.9 Å². The van der Waals surface area contributed by atoms with Gasteiger partial charge in [-0.05, 0) is 47.0 Å². The molecule has 0 aliphatic carbocycles. The van der Waals surface area contributed by atoms with Crippen LogP contribution in [-0.2, 0) is 11.3 Å². The summed E-state index contributed by atoms with van der Waals surface area (Å²) in [6.45, 7) is 0.245. The topological polar surface area (TPSA) is 141 Å². The summed E-state index contributed by atoms with van der Waals surface area (Å²) in [5.41, 5.74) is 8.35. The second kappa shape index (κ2) is 10.1. The Morgan fingerprint density at radius 3 is 2.29 bits per heavy atom. The number of phenols is 2. The van der Waals surface area contributed by atoms with E-state index in [0.29, 0.717) is 20.3 Å². The van der Waals surface area contributed by atoms with Crippen molar-refractivity contribution in [1.82, 2.24) is 9.88 Å². The van der Waals surface area contributed by atoms with Crippen LogP contribution in [0.15, 0.2) is 89.2 Å². The number of allylic oxidation sites excluding steroid dienone is 1. The Bertz CT molecular complexity index is 1780. The fourth-order valence-electron chi connectivity index (χ4n) is 4.36. The molecule has 5 N–H and O–H groups in total. The average Bonchev–Trinajstić information content (AvgIpc) is 3.25. The van der Waals surface area contributed by atoms with E-state index in [-0.39, 0.29) is 35.0 Å². The summed E-state index contributed by atoms with van der Waals surface area (Å²) >= 11 is 1.10. The minimum Gasteiger partial charge on any atom is -0.508 e. The number of rotatable bonds is 5. The summed E-state index contributed by atoms with van der Waals surface area (Å²) in [5.74, 6) is -1.22. The van der Waals surface area contributed by atoms with Crippen LogP contribution in [0.25, 0.3) is 17.5 Å². The zero-order valence-electron chi connectivity index (χ0n) is 20.0. The average molecular weight is 523 g/mol. The van der Waals surface area contributed by atoms with Crippen molar-refractivity contribution in [2.75, 3.05) is 0 Å². The number of fused-ring (bicyclic) bond motifs is 1. The first kappa shape index (κ1) is 24.6. The largest absolute Gasteiger partial charge is 0.508 e. The molecule has 1 aromatic heterocycles. The summed E-state index contributed by atoms with van der Waals surface area (Å²) < 4.78 is 1.84. The van der Waals surface area contributed by atoms with Crippen LogP contribution in [0, 0.1) is 11.3 Å². The zero-order chi connectivity index (χ0) is 26.8. The van der Waals surface area contributed by atoms with Crippen molar-refractivity contribution in [1.29, 1.82) is 5.26 Å². The van der Waals surface area contributed by atoms with Crippen LogP contribution in [0.5, 0.6) is 11.5 Å². The van der Waals surface area contributed by atoms with E-state index in [4.69, 9.17) is 5.73 Å². The molecule has 8 nitrogen and oxygen atoms in total. The molecule has 2 heterocycles. The van der Waals surface area contributed by atoms with Crippen molar-refractivity contribution < 1.29 is 15.0 Å². The van der Waals surface area contributed by atoms with E-state index in [2.05, 4.69) is 11.4 Å². The highest BCUT2D eigenvalue weighted by molar-refractivity contribution is 7.07. The van der Waals surface area contributed by atoms with Gasteiger partial charge in [-0.25, -0.2) is 0 Å². The maximum atomic E-state index is 13.8. The summed E-state index contributed by atoms with van der Waals surface area (Å²) in [6.07, 6.45) is 1.64. The number of aromatic nitrogens is 1. The Labute approximate surface area is 221 Å². The van der Waals surface area contributed by atoms with Crippen molar-refractivity contribution in [2.24, 2.45) is 5.73 Å². The van der Waals surface area contributed by atoms with Gasteiger partial charge in [0.2, 0.25) is 0 Å². The predicted octanol–water partition coefficient (Wildman–Crippen LogP) is 2.07. The number of nitrogens with one attached hydrogen (secondary N) is 1. The molecule has 38 heavy (non-hydrogen) atoms. The van der Waals surface area contributed by atoms with Crippen molar-refractivity contribution in [3.63, 3.8) is 0 Å². The molecule has 0 saturated carbocycles. The number of thiazole rings is 1. The van der Waals surface area contributed by atoms with Gasteiger partial charge in [0, 0.05) is 6.54 Å². The molecule has 5 rings (SSSR count). The van der Waals surface area contributed by atoms with Gasteiger partial charge in [0.1, 0.15) is 22.0 Å². The summed E-state index contributed by atoms with van der Waals surface area (Å²) in [7, 11) is 0. The summed E-state index contributed by atoms with van der Waals surface area (Å²) in [4.78, 5) is 27.2. The summed E-state index contributed by atoms with van der Waals surface area (Å²) in [6, 6.07) is 24.0. The molecule has 0 spiro atoms. The van der Waals surface area contributed by atoms with Crippen LogP contribution >= 0.6 is 11.3 Å². The number of hydrogen-bond acceptors (Lipinski definition) is 7. The third kappa shape index (κ3) is 4.56. The van der Waals surface area contributed by atoms with Crippen LogP contribution < -0.4 is 25.8 Å². The van der Waals surface area contributed by atoms with Gasteiger partial charge >= 0.3 is 0 Å². The van der Waals surface area contributed by atoms with Gasteiger partial charge in [0.25, 0.3) is 11.5 Å². The monoisotopic (exact) mass is 522 g/mol. The van der Waals surface area contributed by atoms with Gasteiger partial charge in [-0.2, -0.15) is 5.26 Å². The SMILES string of the molecule is N#CC1=C(N)n2c(s/c(=C\c3ccc(O)cc3)c2=O)=C(C(=O)NCc2ccccc2)C1c1ccc(O)cc1. The Kier molecular flexibility index (Phi) is 6.56. The van der Waals surface area contributed by atoms with Crippen molar-refractivity contribution in [3.8, 4) is 17.6 Å². The molecule has 3 aromatic carbocycles. The number of phenolic OH excluding ortho intramolecular Hbond substituents is 2. The maximum absolute atomic E-state index is 13.8. The lowest BCUT2D eigenvalue weighted by Gasteiger charge is -2.25. The molecule has 1 aliphatic heterocycles. The molecule has 1 aliphatic rings. The number of carbonyl (C=O) groups excluding carboxylic acids is 1. The molecule has 188 valence electrons. The highest BCUT2D eigenvalue weighted by atomic mass is 32.1. The highest BCUT2D eigenvalue weighted by Crippen LogP contribution is 2.36. The maximum Gasteiger partial charge on any atom is 0.274 e. The Hall–Kier alpha value is -5.07. The van der Waals surface area contributed by atoms with E-state index >= 15 is 0 Å². The fourth-order valence-corrected chi connectivity index (χ4v) is 5.54. The van der Waals surface area contributed by atoms with Crippen molar-refractivity contribution >= 4 is 34.7 Å². The number of nitrogens with zero attached hydrogens (tertiary/aromatic N) is 2. The first-order chi connectivity index (χ1) is 18.4. The highest BCUT2D eigenvalue weighted by Gasteiger charge is 2.35. The van der Waals surface area contributed by atoms with E-state index in [9.17, 15) is 25.1 Å². The smallest absolute Gasteiger partial charge is 0.274 e. The molecule has 1 amide bonds. The minimum absolute atomic E-state index is 0.0360. The molecule has 0 saturated heterocycles. The van der Waals surface area contributed by atoms with Crippen LogP contribution in [0.2, 0.25) is 0 Å². The number of carbonyl (C=O) groups is 1. The molecule has 4 aromatic rings. The van der Waals surface area contributed by atoms with Gasteiger partial charge in [0.05, 0.1) is 27.7 Å². The quantitative estimate of drug-likeness (QED) is 0.316. The number of aromatic hydroxyl groups is 2. The molecule has 1 atom stereocenters. The second-order valence-corrected chi connectivity index (χ2v) is 9.70. The van der Waals surface area contributed by atoms with Crippen LogP contribution in [0.3, 0.4) is 0 Å². The third-order valence-electron chi connectivity index (χ3n) is 6.23. The van der Waals surface area contributed by atoms with E-state index in [1.165, 1.54) is 28.8 Å². The van der Waals surface area contributed by atoms with Gasteiger partial charge < -0.3 is 21.3 Å². The number of benzene rings is 3. The van der Waals surface area contributed by atoms with Gasteiger partial charge in [0.15, 0.2) is 0 Å². The minimum atomic E-state index is -0.851. The Morgan fingerprint density at radius 1 is 1.03 bits per heavy atom. The lowest BCUT2D eigenvalue weighted by molar-refractivity contribution is -0.116. The fraction of sp³-hybridized carbons (Fsp3) is 0.0690.